The van der Waals surface area contributed by atoms with E-state index in [1.165, 1.54) is 0 Å². The summed E-state index contributed by atoms with van der Waals surface area (Å²) in [5.74, 6) is 0. The quantitative estimate of drug-likeness (QED) is 0.758. The molecule has 0 aliphatic rings. The molecular formula is C16H19BrN4O. The van der Waals surface area contributed by atoms with Gasteiger partial charge in [-0.05, 0) is 31.3 Å². The Kier molecular flexibility index (Phi) is 4.31. The highest BCUT2D eigenvalue weighted by Crippen LogP contribution is 2.24. The van der Waals surface area contributed by atoms with Crippen LogP contribution in [0.5, 0.6) is 0 Å². The van der Waals surface area contributed by atoms with E-state index in [0.717, 1.165) is 40.5 Å². The molecule has 0 atom stereocenters. The summed E-state index contributed by atoms with van der Waals surface area (Å²) in [6, 6.07) is 5.90. The Morgan fingerprint density at radius 2 is 2.09 bits per heavy atom. The van der Waals surface area contributed by atoms with Gasteiger partial charge in [-0.3, -0.25) is 9.36 Å². The molecule has 0 unspecified atom stereocenters. The molecule has 0 spiro atoms. The summed E-state index contributed by atoms with van der Waals surface area (Å²) in [6.07, 6.45) is 1.66. The second-order valence-electron chi connectivity index (χ2n) is 5.31. The van der Waals surface area contributed by atoms with Crippen molar-refractivity contribution in [3.63, 3.8) is 0 Å². The number of likely N-dealkylation sites (N-methyl/N-ethyl adjacent to an activating group) is 1. The molecule has 0 amide bonds. The van der Waals surface area contributed by atoms with Crippen LogP contribution in [0.1, 0.15) is 13.8 Å². The molecule has 0 aliphatic carbocycles. The number of nitrogens with zero attached hydrogens (tertiary/aromatic N) is 3. The van der Waals surface area contributed by atoms with Crippen LogP contribution >= 0.6 is 15.9 Å². The number of halogens is 1. The van der Waals surface area contributed by atoms with Gasteiger partial charge in [0.15, 0.2) is 0 Å². The van der Waals surface area contributed by atoms with E-state index in [2.05, 4.69) is 44.6 Å². The number of H-pyrrole nitrogens is 1. The van der Waals surface area contributed by atoms with Gasteiger partial charge in [-0.15, -0.1) is 0 Å². The van der Waals surface area contributed by atoms with Gasteiger partial charge in [0.05, 0.1) is 6.33 Å². The minimum Gasteiger partial charge on any atom is -0.349 e. The van der Waals surface area contributed by atoms with Crippen molar-refractivity contribution in [3.8, 4) is 0 Å². The molecule has 2 aromatic heterocycles. The van der Waals surface area contributed by atoms with E-state index in [9.17, 15) is 4.79 Å². The lowest BCUT2D eigenvalue weighted by Crippen LogP contribution is -2.31. The molecular weight excluding hydrogens is 344 g/mol. The summed E-state index contributed by atoms with van der Waals surface area (Å²) in [6.45, 7) is 7.74. The van der Waals surface area contributed by atoms with Gasteiger partial charge in [0.2, 0.25) is 0 Å². The van der Waals surface area contributed by atoms with Gasteiger partial charge in [-0.1, -0.05) is 29.8 Å². The van der Waals surface area contributed by atoms with Gasteiger partial charge >= 0.3 is 0 Å². The first kappa shape index (κ1) is 15.2. The van der Waals surface area contributed by atoms with Crippen molar-refractivity contribution in [2.45, 2.75) is 20.4 Å². The van der Waals surface area contributed by atoms with Crippen molar-refractivity contribution in [1.29, 1.82) is 0 Å². The Hall–Kier alpha value is -1.66. The average Bonchev–Trinajstić information content (AvgIpc) is 2.89. The van der Waals surface area contributed by atoms with E-state index >= 15 is 0 Å². The summed E-state index contributed by atoms with van der Waals surface area (Å²) in [4.78, 5) is 22.6. The highest BCUT2D eigenvalue weighted by Gasteiger charge is 2.11. The molecule has 2 heterocycles. The maximum atomic E-state index is 12.6. The van der Waals surface area contributed by atoms with Crippen LogP contribution in [0.25, 0.3) is 21.9 Å². The standard InChI is InChI=1S/C16H19BrN4O/c1-3-20(4-2)7-8-21-10-18-14-12-9-11(17)5-6-13(12)19-15(14)16(21)22/h5-6,9-10,19H,3-4,7-8H2,1-2H3. The third-order valence-corrected chi connectivity index (χ3v) is 4.58. The Morgan fingerprint density at radius 3 is 2.82 bits per heavy atom. The molecule has 3 aromatic rings. The van der Waals surface area contributed by atoms with Gasteiger partial charge in [-0.2, -0.15) is 0 Å². The molecule has 22 heavy (non-hydrogen) atoms. The number of rotatable bonds is 5. The summed E-state index contributed by atoms with van der Waals surface area (Å²) in [5, 5.41) is 0.970. The van der Waals surface area contributed by atoms with Crippen molar-refractivity contribution >= 4 is 37.9 Å². The second-order valence-corrected chi connectivity index (χ2v) is 6.22. The van der Waals surface area contributed by atoms with Crippen LogP contribution in [0.3, 0.4) is 0 Å². The predicted molar refractivity (Wildman–Crippen MR) is 93.3 cm³/mol. The molecule has 5 nitrogen and oxygen atoms in total. The molecule has 6 heteroatoms. The van der Waals surface area contributed by atoms with E-state index in [-0.39, 0.29) is 5.56 Å². The van der Waals surface area contributed by atoms with Gasteiger partial charge in [-0.25, -0.2) is 4.98 Å². The zero-order valence-electron chi connectivity index (χ0n) is 12.8. The predicted octanol–water partition coefficient (Wildman–Crippen LogP) is 2.98. The van der Waals surface area contributed by atoms with Crippen molar-refractivity contribution in [2.24, 2.45) is 0 Å². The fourth-order valence-corrected chi connectivity index (χ4v) is 3.07. The Labute approximate surface area is 137 Å². The SMILES string of the molecule is CCN(CC)CCn1cnc2c([nH]c3ccc(Br)cc32)c1=O. The van der Waals surface area contributed by atoms with E-state index in [4.69, 9.17) is 0 Å². The fraction of sp³-hybridized carbons (Fsp3) is 0.375. The summed E-state index contributed by atoms with van der Waals surface area (Å²) < 4.78 is 2.67. The van der Waals surface area contributed by atoms with Gasteiger partial charge in [0.25, 0.3) is 5.56 Å². The van der Waals surface area contributed by atoms with Crippen molar-refractivity contribution in [2.75, 3.05) is 19.6 Å². The highest BCUT2D eigenvalue weighted by molar-refractivity contribution is 9.10. The molecule has 0 saturated carbocycles. The monoisotopic (exact) mass is 362 g/mol. The molecule has 0 saturated heterocycles. The van der Waals surface area contributed by atoms with Crippen molar-refractivity contribution in [3.05, 3.63) is 39.4 Å². The third-order valence-electron chi connectivity index (χ3n) is 4.09. The first-order chi connectivity index (χ1) is 10.6. The van der Waals surface area contributed by atoms with E-state index in [0.29, 0.717) is 12.1 Å². The number of aromatic nitrogens is 3. The zero-order chi connectivity index (χ0) is 15.7. The normalized spacial score (nSPS) is 11.8. The second kappa shape index (κ2) is 6.22. The van der Waals surface area contributed by atoms with Crippen molar-refractivity contribution in [1.82, 2.24) is 19.4 Å². The lowest BCUT2D eigenvalue weighted by Gasteiger charge is -2.18. The van der Waals surface area contributed by atoms with E-state index in [1.807, 2.05) is 18.2 Å². The Balaban J connectivity index is 2.02. The van der Waals surface area contributed by atoms with Crippen LogP contribution in [-0.2, 0) is 6.54 Å². The number of fused-ring (bicyclic) bond motifs is 3. The summed E-state index contributed by atoms with van der Waals surface area (Å²) >= 11 is 3.46. The first-order valence-corrected chi connectivity index (χ1v) is 8.32. The number of hydrogen-bond donors (Lipinski definition) is 1. The van der Waals surface area contributed by atoms with Crippen LogP contribution in [0, 0.1) is 0 Å². The van der Waals surface area contributed by atoms with Crippen LogP contribution in [-0.4, -0.2) is 39.1 Å². The van der Waals surface area contributed by atoms with E-state index in [1.54, 1.807) is 10.9 Å². The molecule has 116 valence electrons. The maximum absolute atomic E-state index is 12.6. The van der Waals surface area contributed by atoms with Gasteiger partial charge in [0.1, 0.15) is 11.0 Å². The molecule has 1 N–H and O–H groups in total. The molecule has 0 aliphatic heterocycles. The highest BCUT2D eigenvalue weighted by atomic mass is 79.9. The van der Waals surface area contributed by atoms with Crippen LogP contribution in [0.2, 0.25) is 0 Å². The van der Waals surface area contributed by atoms with Gasteiger partial charge < -0.3 is 9.88 Å². The van der Waals surface area contributed by atoms with Crippen LogP contribution in [0.15, 0.2) is 33.8 Å². The van der Waals surface area contributed by atoms with Gasteiger partial charge in [0, 0.05) is 28.5 Å². The lowest BCUT2D eigenvalue weighted by atomic mass is 10.2. The Bertz CT molecular complexity index is 864. The average molecular weight is 363 g/mol. The molecule has 3 rings (SSSR count). The minimum absolute atomic E-state index is 0.00974. The molecule has 0 bridgehead atoms. The fourth-order valence-electron chi connectivity index (χ4n) is 2.71. The number of aromatic amines is 1. The first-order valence-electron chi connectivity index (χ1n) is 7.52. The number of hydrogen-bond acceptors (Lipinski definition) is 3. The lowest BCUT2D eigenvalue weighted by molar-refractivity contribution is 0.289. The summed E-state index contributed by atoms with van der Waals surface area (Å²) in [5.41, 5.74) is 2.24. The van der Waals surface area contributed by atoms with E-state index < -0.39 is 0 Å². The largest absolute Gasteiger partial charge is 0.349 e. The summed E-state index contributed by atoms with van der Waals surface area (Å²) in [7, 11) is 0. The number of benzene rings is 1. The minimum atomic E-state index is -0.00974. The third kappa shape index (κ3) is 2.68. The number of nitrogens with one attached hydrogen (secondary N) is 1. The zero-order valence-corrected chi connectivity index (χ0v) is 14.4. The maximum Gasteiger partial charge on any atom is 0.277 e. The molecule has 1 aromatic carbocycles. The van der Waals surface area contributed by atoms with Crippen LogP contribution < -0.4 is 5.56 Å². The smallest absolute Gasteiger partial charge is 0.277 e. The molecule has 0 fully saturated rings. The van der Waals surface area contributed by atoms with Crippen molar-refractivity contribution < 1.29 is 0 Å². The molecule has 0 radical (unpaired) electrons. The topological polar surface area (TPSA) is 53.9 Å². The van der Waals surface area contributed by atoms with Crippen LogP contribution in [0.4, 0.5) is 0 Å². The Morgan fingerprint density at radius 1 is 1.32 bits per heavy atom.